The molecule has 0 amide bonds. The molecule has 2 nitrogen and oxygen atoms in total. The van der Waals surface area contributed by atoms with Gasteiger partial charge in [0.2, 0.25) is 0 Å². The molecule has 0 spiro atoms. The Labute approximate surface area is 115 Å². The highest BCUT2D eigenvalue weighted by Crippen LogP contribution is 2.41. The highest BCUT2D eigenvalue weighted by molar-refractivity contribution is 5.79. The van der Waals surface area contributed by atoms with Crippen molar-refractivity contribution in [2.24, 2.45) is 0 Å². The van der Waals surface area contributed by atoms with Crippen LogP contribution in [0.3, 0.4) is 0 Å². The van der Waals surface area contributed by atoms with Gasteiger partial charge >= 0.3 is 12.4 Å². The molecule has 1 heterocycles. The first-order valence-corrected chi connectivity index (χ1v) is 6.00. The lowest BCUT2D eigenvalue weighted by molar-refractivity contribution is -0.144. The summed E-state index contributed by atoms with van der Waals surface area (Å²) < 4.78 is 81.7. The second-order valence-corrected chi connectivity index (χ2v) is 4.65. The van der Waals surface area contributed by atoms with Crippen LogP contribution in [0.15, 0.2) is 18.2 Å². The number of halogens is 6. The zero-order valence-corrected chi connectivity index (χ0v) is 10.5. The van der Waals surface area contributed by atoms with E-state index < -0.39 is 35.1 Å². The molecular formula is C13H10F6O2. The van der Waals surface area contributed by atoms with E-state index in [0.29, 0.717) is 18.2 Å². The number of carbonyl (C=O) groups is 1. The normalized spacial score (nSPS) is 20.7. The molecule has 0 bridgehead atoms. The zero-order chi connectivity index (χ0) is 15.8. The first-order valence-electron chi connectivity index (χ1n) is 6.00. The second-order valence-electron chi connectivity index (χ2n) is 4.65. The largest absolute Gasteiger partial charge is 0.416 e. The molecule has 1 saturated heterocycles. The molecule has 1 fully saturated rings. The first kappa shape index (κ1) is 15.8. The second kappa shape index (κ2) is 5.32. The topological polar surface area (TPSA) is 26.3 Å². The summed E-state index contributed by atoms with van der Waals surface area (Å²) >= 11 is 0. The monoisotopic (exact) mass is 312 g/mol. The molecule has 1 aliphatic rings. The van der Waals surface area contributed by atoms with E-state index >= 15 is 0 Å². The molecule has 116 valence electrons. The van der Waals surface area contributed by atoms with Gasteiger partial charge in [-0.1, -0.05) is 0 Å². The van der Waals surface area contributed by atoms with Crippen molar-refractivity contribution < 1.29 is 35.9 Å². The average Bonchev–Trinajstić information content (AvgIpc) is 2.36. The van der Waals surface area contributed by atoms with Crippen molar-refractivity contribution >= 4 is 5.78 Å². The zero-order valence-electron chi connectivity index (χ0n) is 10.5. The standard InChI is InChI=1S/C13H10F6O2/c14-12(15,16)7-1-2-10(13(17,18)19)9(5-7)11-6-8(20)3-4-21-11/h1-2,5,11H,3-4,6H2. The minimum atomic E-state index is -4.82. The van der Waals surface area contributed by atoms with E-state index in [4.69, 9.17) is 4.74 Å². The number of hydrogen-bond donors (Lipinski definition) is 0. The van der Waals surface area contributed by atoms with Crippen molar-refractivity contribution in [3.05, 3.63) is 34.9 Å². The SMILES string of the molecule is O=C1CCOC(c2cc(C(F)(F)F)ccc2C(F)(F)F)C1. The Kier molecular flexibility index (Phi) is 4.01. The summed E-state index contributed by atoms with van der Waals surface area (Å²) in [6, 6.07) is 1.16. The van der Waals surface area contributed by atoms with Gasteiger partial charge in [0.1, 0.15) is 5.78 Å². The van der Waals surface area contributed by atoms with Gasteiger partial charge in [0.05, 0.1) is 23.8 Å². The van der Waals surface area contributed by atoms with Gasteiger partial charge in [-0.25, -0.2) is 0 Å². The van der Waals surface area contributed by atoms with Gasteiger partial charge in [-0.05, 0) is 23.8 Å². The van der Waals surface area contributed by atoms with Crippen LogP contribution in [0.4, 0.5) is 26.3 Å². The molecule has 2 rings (SSSR count). The summed E-state index contributed by atoms with van der Waals surface area (Å²) in [7, 11) is 0. The molecule has 0 N–H and O–H groups in total. The van der Waals surface area contributed by atoms with Crippen molar-refractivity contribution in [3.63, 3.8) is 0 Å². The number of hydrogen-bond acceptors (Lipinski definition) is 2. The number of ketones is 1. The van der Waals surface area contributed by atoms with Crippen molar-refractivity contribution in [1.82, 2.24) is 0 Å². The predicted molar refractivity (Wildman–Crippen MR) is 59.4 cm³/mol. The van der Waals surface area contributed by atoms with Crippen molar-refractivity contribution in [1.29, 1.82) is 0 Å². The van der Waals surface area contributed by atoms with Crippen molar-refractivity contribution in [2.45, 2.75) is 31.3 Å². The Balaban J connectivity index is 2.50. The number of benzene rings is 1. The van der Waals surface area contributed by atoms with Crippen LogP contribution >= 0.6 is 0 Å². The molecule has 1 aromatic rings. The maximum atomic E-state index is 12.9. The van der Waals surface area contributed by atoms with Gasteiger partial charge in [-0.2, -0.15) is 26.3 Å². The lowest BCUT2D eigenvalue weighted by Gasteiger charge is -2.26. The summed E-state index contributed by atoms with van der Waals surface area (Å²) in [5.41, 5.74) is -3.06. The summed E-state index contributed by atoms with van der Waals surface area (Å²) in [6.45, 7) is -0.100. The van der Waals surface area contributed by atoms with Crippen molar-refractivity contribution in [3.8, 4) is 0 Å². The molecular weight excluding hydrogens is 302 g/mol. The Morgan fingerprint density at radius 1 is 1.05 bits per heavy atom. The third-order valence-electron chi connectivity index (χ3n) is 3.14. The first-order chi connectivity index (χ1) is 9.59. The van der Waals surface area contributed by atoms with Crippen LogP contribution in [0.2, 0.25) is 0 Å². The van der Waals surface area contributed by atoms with E-state index in [1.165, 1.54) is 0 Å². The fourth-order valence-corrected chi connectivity index (χ4v) is 2.15. The van der Waals surface area contributed by atoms with Gasteiger partial charge in [-0.15, -0.1) is 0 Å². The minimum Gasteiger partial charge on any atom is -0.373 e. The van der Waals surface area contributed by atoms with Gasteiger partial charge < -0.3 is 4.74 Å². The lowest BCUT2D eigenvalue weighted by Crippen LogP contribution is -2.23. The molecule has 0 radical (unpaired) electrons. The predicted octanol–water partition coefficient (Wildman–Crippen LogP) is 4.14. The maximum absolute atomic E-state index is 12.9. The molecule has 1 aliphatic heterocycles. The van der Waals surface area contributed by atoms with E-state index in [1.807, 2.05) is 0 Å². The van der Waals surface area contributed by atoms with Gasteiger partial charge in [0.25, 0.3) is 0 Å². The number of carbonyl (C=O) groups excluding carboxylic acids is 1. The summed E-state index contributed by atoms with van der Waals surface area (Å²) in [5.74, 6) is -0.336. The summed E-state index contributed by atoms with van der Waals surface area (Å²) in [5, 5.41) is 0. The van der Waals surface area contributed by atoms with Crippen LogP contribution in [0.1, 0.15) is 35.6 Å². The van der Waals surface area contributed by atoms with E-state index in [0.717, 1.165) is 0 Å². The average molecular weight is 312 g/mol. The minimum absolute atomic E-state index is 0.0524. The highest BCUT2D eigenvalue weighted by Gasteiger charge is 2.39. The van der Waals surface area contributed by atoms with E-state index in [-0.39, 0.29) is 25.2 Å². The molecule has 0 aliphatic carbocycles. The Morgan fingerprint density at radius 3 is 2.24 bits per heavy atom. The van der Waals surface area contributed by atoms with Crippen LogP contribution in [0, 0.1) is 0 Å². The fraction of sp³-hybridized carbons (Fsp3) is 0.462. The third-order valence-corrected chi connectivity index (χ3v) is 3.14. The number of rotatable bonds is 1. The van der Waals surface area contributed by atoms with Crippen LogP contribution in [-0.4, -0.2) is 12.4 Å². The molecule has 0 saturated carbocycles. The fourth-order valence-electron chi connectivity index (χ4n) is 2.15. The Bertz CT molecular complexity index is 547. The maximum Gasteiger partial charge on any atom is 0.416 e. The molecule has 1 aromatic carbocycles. The molecule has 21 heavy (non-hydrogen) atoms. The Morgan fingerprint density at radius 2 is 1.71 bits per heavy atom. The van der Waals surface area contributed by atoms with Gasteiger partial charge in [0, 0.05) is 12.8 Å². The van der Waals surface area contributed by atoms with E-state index in [9.17, 15) is 31.1 Å². The molecule has 8 heteroatoms. The van der Waals surface area contributed by atoms with E-state index in [1.54, 1.807) is 0 Å². The van der Waals surface area contributed by atoms with Crippen LogP contribution in [-0.2, 0) is 21.9 Å². The van der Waals surface area contributed by atoms with Crippen LogP contribution in [0.25, 0.3) is 0 Å². The third kappa shape index (κ3) is 3.55. The Hall–Kier alpha value is -1.57. The molecule has 0 aromatic heterocycles. The number of alkyl halides is 6. The van der Waals surface area contributed by atoms with Crippen LogP contribution < -0.4 is 0 Å². The summed E-state index contributed by atoms with van der Waals surface area (Å²) in [4.78, 5) is 11.3. The quantitative estimate of drug-likeness (QED) is 0.728. The smallest absolute Gasteiger partial charge is 0.373 e. The highest BCUT2D eigenvalue weighted by atomic mass is 19.4. The van der Waals surface area contributed by atoms with Crippen LogP contribution in [0.5, 0.6) is 0 Å². The van der Waals surface area contributed by atoms with Gasteiger partial charge in [0.15, 0.2) is 0 Å². The lowest BCUT2D eigenvalue weighted by atomic mass is 9.94. The van der Waals surface area contributed by atoms with Gasteiger partial charge in [-0.3, -0.25) is 4.79 Å². The number of Topliss-reactive ketones (excluding diaryl/α,β-unsaturated/α-hetero) is 1. The number of ether oxygens (including phenoxy) is 1. The van der Waals surface area contributed by atoms with E-state index in [2.05, 4.69) is 0 Å². The molecule has 1 unspecified atom stereocenters. The van der Waals surface area contributed by atoms with Crippen molar-refractivity contribution in [2.75, 3.05) is 6.61 Å². The molecule has 1 atom stereocenters. The summed E-state index contributed by atoms with van der Waals surface area (Å²) in [6.07, 6.45) is -11.2.